The quantitative estimate of drug-likeness (QED) is 0.752. The molecule has 0 fully saturated rings. The number of rotatable bonds is 5. The van der Waals surface area contributed by atoms with Crippen molar-refractivity contribution >= 4 is 15.9 Å². The molecule has 0 aliphatic heterocycles. The summed E-state index contributed by atoms with van der Waals surface area (Å²) in [5.41, 5.74) is 1.11. The Kier molecular flexibility index (Phi) is 5.13. The van der Waals surface area contributed by atoms with Crippen LogP contribution >= 0.6 is 0 Å². The predicted molar refractivity (Wildman–Crippen MR) is 74.6 cm³/mol. The highest BCUT2D eigenvalue weighted by Gasteiger charge is 2.15. The molecule has 0 atom stereocenters. The monoisotopic (exact) mass is 296 g/mol. The van der Waals surface area contributed by atoms with Crippen LogP contribution in [0.4, 0.5) is 0 Å². The van der Waals surface area contributed by atoms with E-state index in [1.54, 1.807) is 13.8 Å². The number of primary sulfonamides is 1. The van der Waals surface area contributed by atoms with E-state index in [0.717, 1.165) is 0 Å². The second kappa shape index (κ2) is 6.41. The first-order valence-electron chi connectivity index (χ1n) is 5.73. The van der Waals surface area contributed by atoms with Gasteiger partial charge in [0.25, 0.3) is 5.91 Å². The van der Waals surface area contributed by atoms with Gasteiger partial charge in [0, 0.05) is 0 Å². The maximum Gasteiger partial charge on any atom is 0.258 e. The lowest BCUT2D eigenvalue weighted by atomic mass is 10.1. The lowest BCUT2D eigenvalue weighted by Crippen LogP contribution is -2.29. The van der Waals surface area contributed by atoms with Crippen molar-refractivity contribution in [3.63, 3.8) is 0 Å². The molecular weight excluding hydrogens is 280 g/mol. The van der Waals surface area contributed by atoms with Gasteiger partial charge in [0.15, 0.2) is 6.61 Å². The standard InChI is InChI=1S/C13H16N2O4S/c1-4-7-15-13(16)8-19-11-5-6-12(20(14,17)18)10(3)9(11)2/h1,5-6H,7-8H2,2-3H3,(H,15,16)(H2,14,17,18). The van der Waals surface area contributed by atoms with E-state index in [0.29, 0.717) is 16.9 Å². The Hall–Kier alpha value is -2.04. The molecule has 6 nitrogen and oxygen atoms in total. The molecule has 0 radical (unpaired) electrons. The number of nitrogens with two attached hydrogens (primary N) is 1. The molecule has 0 aromatic heterocycles. The Morgan fingerprint density at radius 3 is 2.60 bits per heavy atom. The van der Waals surface area contributed by atoms with Crippen molar-refractivity contribution in [3.8, 4) is 18.1 Å². The van der Waals surface area contributed by atoms with E-state index in [1.165, 1.54) is 12.1 Å². The van der Waals surface area contributed by atoms with Gasteiger partial charge in [-0.05, 0) is 37.1 Å². The molecule has 20 heavy (non-hydrogen) atoms. The molecule has 0 spiro atoms. The van der Waals surface area contributed by atoms with Crippen LogP contribution in [0.5, 0.6) is 5.75 Å². The number of nitrogens with one attached hydrogen (secondary N) is 1. The zero-order valence-electron chi connectivity index (χ0n) is 11.3. The molecule has 0 aliphatic rings. The van der Waals surface area contributed by atoms with E-state index in [4.69, 9.17) is 16.3 Å². The number of carbonyl (C=O) groups is 1. The normalized spacial score (nSPS) is 10.7. The van der Waals surface area contributed by atoms with Crippen LogP contribution in [0.2, 0.25) is 0 Å². The molecule has 3 N–H and O–H groups in total. The zero-order chi connectivity index (χ0) is 15.3. The van der Waals surface area contributed by atoms with E-state index in [2.05, 4.69) is 11.2 Å². The molecule has 1 aromatic rings. The predicted octanol–water partition coefficient (Wildman–Crippen LogP) is 0.0790. The van der Waals surface area contributed by atoms with E-state index in [1.807, 2.05) is 0 Å². The van der Waals surface area contributed by atoms with Gasteiger partial charge in [-0.2, -0.15) is 0 Å². The zero-order valence-corrected chi connectivity index (χ0v) is 12.1. The Labute approximate surface area is 118 Å². The summed E-state index contributed by atoms with van der Waals surface area (Å²) in [6, 6.07) is 2.82. The van der Waals surface area contributed by atoms with Crippen LogP contribution < -0.4 is 15.2 Å². The van der Waals surface area contributed by atoms with Gasteiger partial charge in [0.05, 0.1) is 11.4 Å². The fraction of sp³-hybridized carbons (Fsp3) is 0.308. The van der Waals surface area contributed by atoms with Crippen molar-refractivity contribution in [1.82, 2.24) is 5.32 Å². The van der Waals surface area contributed by atoms with Crippen molar-refractivity contribution in [3.05, 3.63) is 23.3 Å². The number of benzene rings is 1. The smallest absolute Gasteiger partial charge is 0.258 e. The summed E-state index contributed by atoms with van der Waals surface area (Å²) in [7, 11) is -3.77. The number of ether oxygens (including phenoxy) is 1. The Morgan fingerprint density at radius 1 is 1.40 bits per heavy atom. The molecule has 108 valence electrons. The van der Waals surface area contributed by atoms with Gasteiger partial charge in [-0.15, -0.1) is 6.42 Å². The molecule has 0 aliphatic carbocycles. The first-order valence-corrected chi connectivity index (χ1v) is 7.28. The highest BCUT2D eigenvalue weighted by molar-refractivity contribution is 7.89. The van der Waals surface area contributed by atoms with Crippen molar-refractivity contribution in [2.45, 2.75) is 18.7 Å². The highest BCUT2D eigenvalue weighted by atomic mass is 32.2. The van der Waals surface area contributed by atoms with Crippen LogP contribution in [-0.2, 0) is 14.8 Å². The molecule has 1 rings (SSSR count). The minimum Gasteiger partial charge on any atom is -0.483 e. The van der Waals surface area contributed by atoms with E-state index < -0.39 is 10.0 Å². The fourth-order valence-electron chi connectivity index (χ4n) is 1.58. The van der Waals surface area contributed by atoms with Gasteiger partial charge in [-0.3, -0.25) is 4.79 Å². The molecule has 0 bridgehead atoms. The summed E-state index contributed by atoms with van der Waals surface area (Å²) in [6.07, 6.45) is 5.01. The largest absolute Gasteiger partial charge is 0.483 e. The molecule has 1 amide bonds. The summed E-state index contributed by atoms with van der Waals surface area (Å²) in [5, 5.41) is 7.56. The minimum absolute atomic E-state index is 0.0409. The topological polar surface area (TPSA) is 98.5 Å². The molecule has 0 heterocycles. The Balaban J connectivity index is 2.87. The van der Waals surface area contributed by atoms with Crippen LogP contribution in [0.25, 0.3) is 0 Å². The third-order valence-corrected chi connectivity index (χ3v) is 3.80. The average Bonchev–Trinajstić information content (AvgIpc) is 2.36. The van der Waals surface area contributed by atoms with Crippen LogP contribution in [0.15, 0.2) is 17.0 Å². The first kappa shape index (κ1) is 16.0. The Morgan fingerprint density at radius 2 is 2.05 bits per heavy atom. The fourth-order valence-corrected chi connectivity index (χ4v) is 2.42. The highest BCUT2D eigenvalue weighted by Crippen LogP contribution is 2.26. The van der Waals surface area contributed by atoms with E-state index >= 15 is 0 Å². The third-order valence-electron chi connectivity index (χ3n) is 2.74. The molecule has 0 saturated carbocycles. The van der Waals surface area contributed by atoms with Gasteiger partial charge in [-0.1, -0.05) is 5.92 Å². The van der Waals surface area contributed by atoms with Crippen LogP contribution in [0, 0.1) is 26.2 Å². The molecular formula is C13H16N2O4S. The SMILES string of the molecule is C#CCNC(=O)COc1ccc(S(N)(=O)=O)c(C)c1C. The molecule has 1 aromatic carbocycles. The second-order valence-corrected chi connectivity index (χ2v) is 5.66. The molecule has 7 heteroatoms. The summed E-state index contributed by atoms with van der Waals surface area (Å²) < 4.78 is 28.0. The number of amides is 1. The maximum absolute atomic E-state index is 11.4. The van der Waals surface area contributed by atoms with Gasteiger partial charge in [0.2, 0.25) is 10.0 Å². The van der Waals surface area contributed by atoms with Gasteiger partial charge < -0.3 is 10.1 Å². The van der Waals surface area contributed by atoms with Crippen molar-refractivity contribution in [2.75, 3.05) is 13.2 Å². The Bertz CT molecular complexity index is 660. The van der Waals surface area contributed by atoms with Gasteiger partial charge in [0.1, 0.15) is 5.75 Å². The number of carbonyl (C=O) groups excluding carboxylic acids is 1. The number of sulfonamides is 1. The molecule has 0 saturated heterocycles. The van der Waals surface area contributed by atoms with Crippen LogP contribution in [0.1, 0.15) is 11.1 Å². The lowest BCUT2D eigenvalue weighted by Gasteiger charge is -2.13. The molecule has 0 unspecified atom stereocenters. The summed E-state index contributed by atoms with van der Waals surface area (Å²) in [4.78, 5) is 11.4. The summed E-state index contributed by atoms with van der Waals surface area (Å²) >= 11 is 0. The van der Waals surface area contributed by atoms with Crippen LogP contribution in [-0.4, -0.2) is 27.5 Å². The van der Waals surface area contributed by atoms with Crippen molar-refractivity contribution < 1.29 is 17.9 Å². The maximum atomic E-state index is 11.4. The van der Waals surface area contributed by atoms with Crippen molar-refractivity contribution in [1.29, 1.82) is 0 Å². The van der Waals surface area contributed by atoms with Gasteiger partial charge >= 0.3 is 0 Å². The summed E-state index contributed by atoms with van der Waals surface area (Å²) in [5.74, 6) is 2.34. The minimum atomic E-state index is -3.77. The van der Waals surface area contributed by atoms with Crippen molar-refractivity contribution in [2.24, 2.45) is 5.14 Å². The van der Waals surface area contributed by atoms with Crippen LogP contribution in [0.3, 0.4) is 0 Å². The lowest BCUT2D eigenvalue weighted by molar-refractivity contribution is -0.122. The second-order valence-electron chi connectivity index (χ2n) is 4.13. The number of hydrogen-bond acceptors (Lipinski definition) is 4. The number of terminal acetylenes is 1. The third kappa shape index (κ3) is 3.98. The van der Waals surface area contributed by atoms with E-state index in [-0.39, 0.29) is 24.0 Å². The first-order chi connectivity index (χ1) is 9.27. The van der Waals surface area contributed by atoms with E-state index in [9.17, 15) is 13.2 Å². The number of hydrogen-bond donors (Lipinski definition) is 2. The summed E-state index contributed by atoms with van der Waals surface area (Å²) in [6.45, 7) is 3.25. The van der Waals surface area contributed by atoms with Gasteiger partial charge in [-0.25, -0.2) is 13.6 Å². The average molecular weight is 296 g/mol.